The smallest absolute Gasteiger partial charge is 0.317 e. The fourth-order valence-corrected chi connectivity index (χ4v) is 4.88. The summed E-state index contributed by atoms with van der Waals surface area (Å²) in [4.78, 5) is 17.3. The molecule has 1 aliphatic carbocycles. The number of benzene rings is 3. The van der Waals surface area contributed by atoms with Crippen molar-refractivity contribution < 1.29 is 4.79 Å². The molecule has 0 unspecified atom stereocenters. The first-order valence-electron chi connectivity index (χ1n) is 11.3. The van der Waals surface area contributed by atoms with E-state index in [9.17, 15) is 4.79 Å². The number of nitrogens with one attached hydrogen (secondary N) is 1. The summed E-state index contributed by atoms with van der Waals surface area (Å²) < 4.78 is 0. The van der Waals surface area contributed by atoms with E-state index >= 15 is 0 Å². The van der Waals surface area contributed by atoms with E-state index in [-0.39, 0.29) is 18.1 Å². The second-order valence-electron chi connectivity index (χ2n) is 8.70. The van der Waals surface area contributed by atoms with Crippen LogP contribution in [0, 0.1) is 0 Å². The minimum Gasteiger partial charge on any atom is -0.335 e. The summed E-state index contributed by atoms with van der Waals surface area (Å²) in [6.07, 6.45) is 1.03. The van der Waals surface area contributed by atoms with Crippen LogP contribution in [-0.2, 0) is 0 Å². The summed E-state index contributed by atoms with van der Waals surface area (Å²) in [5.74, 6) is 0.453. The van der Waals surface area contributed by atoms with Crippen LogP contribution in [0.3, 0.4) is 0 Å². The fraction of sp³-hybridized carbons (Fsp3) is 0.296. The van der Waals surface area contributed by atoms with E-state index in [1.54, 1.807) is 0 Å². The van der Waals surface area contributed by atoms with Gasteiger partial charge in [-0.25, -0.2) is 4.79 Å². The van der Waals surface area contributed by atoms with Gasteiger partial charge in [0.1, 0.15) is 0 Å². The first-order valence-corrected chi connectivity index (χ1v) is 11.7. The zero-order chi connectivity index (χ0) is 21.9. The van der Waals surface area contributed by atoms with Gasteiger partial charge < -0.3 is 10.2 Å². The van der Waals surface area contributed by atoms with E-state index < -0.39 is 0 Å². The Labute approximate surface area is 194 Å². The van der Waals surface area contributed by atoms with Crippen LogP contribution in [0.25, 0.3) is 0 Å². The topological polar surface area (TPSA) is 35.6 Å². The summed E-state index contributed by atoms with van der Waals surface area (Å²) in [5.41, 5.74) is 3.80. The molecule has 164 valence electrons. The molecule has 2 amide bonds. The van der Waals surface area contributed by atoms with Gasteiger partial charge in [0.25, 0.3) is 0 Å². The maximum atomic E-state index is 12.9. The fourth-order valence-electron chi connectivity index (χ4n) is 4.75. The van der Waals surface area contributed by atoms with Gasteiger partial charge in [-0.15, -0.1) is 0 Å². The average Bonchev–Trinajstić information content (AvgIpc) is 3.61. The molecule has 5 rings (SSSR count). The largest absolute Gasteiger partial charge is 0.335 e. The van der Waals surface area contributed by atoms with Crippen molar-refractivity contribution in [3.8, 4) is 0 Å². The normalized spacial score (nSPS) is 21.7. The van der Waals surface area contributed by atoms with E-state index in [4.69, 9.17) is 11.6 Å². The molecule has 1 saturated carbocycles. The molecule has 0 radical (unpaired) electrons. The monoisotopic (exact) mass is 445 g/mol. The number of urea groups is 1. The third-order valence-electron chi connectivity index (χ3n) is 6.59. The summed E-state index contributed by atoms with van der Waals surface area (Å²) in [5, 5.41) is 3.99. The maximum absolute atomic E-state index is 12.9. The van der Waals surface area contributed by atoms with Crippen molar-refractivity contribution in [3.63, 3.8) is 0 Å². The number of carbonyl (C=O) groups is 1. The molecule has 4 nitrogen and oxygen atoms in total. The van der Waals surface area contributed by atoms with Gasteiger partial charge in [-0.1, -0.05) is 84.4 Å². The second kappa shape index (κ2) is 9.35. The predicted octanol–water partition coefficient (Wildman–Crippen LogP) is 5.31. The second-order valence-corrected chi connectivity index (χ2v) is 9.13. The molecule has 0 aromatic heterocycles. The van der Waals surface area contributed by atoms with Crippen LogP contribution in [0.4, 0.5) is 4.79 Å². The van der Waals surface area contributed by atoms with Crippen molar-refractivity contribution in [2.45, 2.75) is 24.4 Å². The molecule has 1 heterocycles. The van der Waals surface area contributed by atoms with Crippen molar-refractivity contribution in [2.24, 2.45) is 0 Å². The summed E-state index contributed by atoms with van der Waals surface area (Å²) >= 11 is 6.13. The van der Waals surface area contributed by atoms with Gasteiger partial charge in [-0.2, -0.15) is 0 Å². The number of nitrogens with zero attached hydrogens (tertiary/aromatic N) is 2. The van der Waals surface area contributed by atoms with Crippen LogP contribution < -0.4 is 5.32 Å². The van der Waals surface area contributed by atoms with Crippen molar-refractivity contribution in [1.29, 1.82) is 0 Å². The highest BCUT2D eigenvalue weighted by Crippen LogP contribution is 2.40. The van der Waals surface area contributed by atoms with Gasteiger partial charge in [-0.3, -0.25) is 4.90 Å². The van der Waals surface area contributed by atoms with E-state index in [0.717, 1.165) is 37.6 Å². The quantitative estimate of drug-likeness (QED) is 0.577. The van der Waals surface area contributed by atoms with Gasteiger partial charge in [0, 0.05) is 43.2 Å². The lowest BCUT2D eigenvalue weighted by atomic mass is 9.96. The molecule has 1 aliphatic heterocycles. The third kappa shape index (κ3) is 4.67. The van der Waals surface area contributed by atoms with Crippen LogP contribution in [0.1, 0.15) is 35.1 Å². The number of rotatable bonds is 5. The van der Waals surface area contributed by atoms with Crippen LogP contribution in [0.5, 0.6) is 0 Å². The summed E-state index contributed by atoms with van der Waals surface area (Å²) in [7, 11) is 0. The predicted molar refractivity (Wildman–Crippen MR) is 129 cm³/mol. The highest BCUT2D eigenvalue weighted by Gasteiger charge is 2.40. The van der Waals surface area contributed by atoms with E-state index in [2.05, 4.69) is 70.9 Å². The van der Waals surface area contributed by atoms with Crippen molar-refractivity contribution in [2.75, 3.05) is 26.2 Å². The lowest BCUT2D eigenvalue weighted by Crippen LogP contribution is -2.53. The number of piperazine rings is 1. The minimum atomic E-state index is 0.0656. The first-order chi connectivity index (χ1) is 15.7. The molecule has 2 aliphatic rings. The van der Waals surface area contributed by atoms with Crippen LogP contribution in [0.15, 0.2) is 84.9 Å². The van der Waals surface area contributed by atoms with Gasteiger partial charge in [0.05, 0.1) is 6.04 Å². The third-order valence-corrected chi connectivity index (χ3v) is 6.85. The summed E-state index contributed by atoms with van der Waals surface area (Å²) in [6, 6.07) is 29.6. The van der Waals surface area contributed by atoms with Crippen LogP contribution in [0.2, 0.25) is 5.02 Å². The highest BCUT2D eigenvalue weighted by atomic mass is 35.5. The van der Waals surface area contributed by atoms with Gasteiger partial charge in [-0.05, 0) is 35.2 Å². The van der Waals surface area contributed by atoms with E-state index in [0.29, 0.717) is 5.92 Å². The molecular weight excluding hydrogens is 418 g/mol. The Hall–Kier alpha value is -2.82. The van der Waals surface area contributed by atoms with Crippen LogP contribution in [-0.4, -0.2) is 48.1 Å². The Bertz CT molecular complexity index is 1030. The molecule has 0 bridgehead atoms. The number of hydrogen-bond donors (Lipinski definition) is 1. The van der Waals surface area contributed by atoms with Gasteiger partial charge in [0.2, 0.25) is 0 Å². The molecule has 5 heteroatoms. The minimum absolute atomic E-state index is 0.0656. The zero-order valence-electron chi connectivity index (χ0n) is 18.0. The van der Waals surface area contributed by atoms with Gasteiger partial charge >= 0.3 is 6.03 Å². The highest BCUT2D eigenvalue weighted by molar-refractivity contribution is 6.30. The molecule has 3 atom stereocenters. The molecule has 1 N–H and O–H groups in total. The van der Waals surface area contributed by atoms with Crippen molar-refractivity contribution in [1.82, 2.24) is 15.1 Å². The average molecular weight is 446 g/mol. The Morgan fingerprint density at radius 2 is 1.41 bits per heavy atom. The number of hydrogen-bond acceptors (Lipinski definition) is 2. The lowest BCUT2D eigenvalue weighted by molar-refractivity contribution is 0.120. The number of halogens is 1. The van der Waals surface area contributed by atoms with Crippen molar-refractivity contribution >= 4 is 17.6 Å². The lowest BCUT2D eigenvalue weighted by Gasteiger charge is -2.39. The molecular formula is C27H28ClN3O. The van der Waals surface area contributed by atoms with E-state index in [1.807, 2.05) is 29.2 Å². The number of amides is 2. The SMILES string of the molecule is O=C(N[C@@H]1C[C@H]1c1ccccc1)N1CCN([C@H](c2ccccc2)c2ccc(Cl)cc2)CC1. The van der Waals surface area contributed by atoms with E-state index in [1.165, 1.54) is 16.7 Å². The Kier molecular flexibility index (Phi) is 6.15. The molecule has 3 aromatic rings. The zero-order valence-corrected chi connectivity index (χ0v) is 18.8. The standard InChI is InChI=1S/C27H28ClN3O/c28-23-13-11-22(12-14-23)26(21-9-5-2-6-10-21)30-15-17-31(18-16-30)27(32)29-25-19-24(25)20-7-3-1-4-8-20/h1-14,24-26H,15-19H2,(H,29,32)/t24-,25+,26+/m0/s1. The Morgan fingerprint density at radius 1 is 0.812 bits per heavy atom. The maximum Gasteiger partial charge on any atom is 0.317 e. The molecule has 1 saturated heterocycles. The molecule has 3 aromatic carbocycles. The van der Waals surface area contributed by atoms with Crippen molar-refractivity contribution in [3.05, 3.63) is 107 Å². The number of carbonyl (C=O) groups excluding carboxylic acids is 1. The first kappa shape index (κ1) is 21.0. The van der Waals surface area contributed by atoms with Crippen LogP contribution >= 0.6 is 11.6 Å². The Balaban J connectivity index is 1.22. The molecule has 32 heavy (non-hydrogen) atoms. The summed E-state index contributed by atoms with van der Waals surface area (Å²) in [6.45, 7) is 3.13. The molecule has 0 spiro atoms. The van der Waals surface area contributed by atoms with Gasteiger partial charge in [0.15, 0.2) is 0 Å². The molecule has 2 fully saturated rings. The Morgan fingerprint density at radius 3 is 2.06 bits per heavy atom.